The van der Waals surface area contributed by atoms with E-state index in [9.17, 15) is 14.6 Å². The zero-order chi connectivity index (χ0) is 19.8. The van der Waals surface area contributed by atoms with Gasteiger partial charge in [-0.15, -0.1) is 0 Å². The van der Waals surface area contributed by atoms with Gasteiger partial charge < -0.3 is 20.3 Å². The molecule has 0 spiro atoms. The number of nitrogens with one attached hydrogen (secondary N) is 1. The van der Waals surface area contributed by atoms with Gasteiger partial charge >= 0.3 is 0 Å². The van der Waals surface area contributed by atoms with Gasteiger partial charge in [0.2, 0.25) is 0 Å². The van der Waals surface area contributed by atoms with Gasteiger partial charge in [-0.3, -0.25) is 0 Å². The van der Waals surface area contributed by atoms with Crippen LogP contribution in [-0.2, 0) is 4.74 Å². The molecule has 2 aromatic heterocycles. The highest BCUT2D eigenvalue weighted by Crippen LogP contribution is 2.33. The van der Waals surface area contributed by atoms with Gasteiger partial charge in [0, 0.05) is 5.56 Å². The third-order valence-corrected chi connectivity index (χ3v) is 5.21. The quantitative estimate of drug-likeness (QED) is 0.564. The van der Waals surface area contributed by atoms with Crippen molar-refractivity contribution in [2.45, 2.75) is 31.2 Å². The van der Waals surface area contributed by atoms with Crippen molar-refractivity contribution in [3.8, 4) is 0 Å². The molecule has 1 aliphatic rings. The summed E-state index contributed by atoms with van der Waals surface area (Å²) >= 11 is 6.07. The van der Waals surface area contributed by atoms with Crippen LogP contribution in [0.5, 0.6) is 0 Å². The monoisotopic (exact) mass is 406 g/mol. The maximum absolute atomic E-state index is 14.1. The minimum absolute atomic E-state index is 0.180. The molecule has 1 saturated heterocycles. The molecule has 3 N–H and O–H groups in total. The van der Waals surface area contributed by atoms with Crippen LogP contribution in [0.3, 0.4) is 0 Å². The zero-order valence-corrected chi connectivity index (χ0v) is 15.8. The molecule has 3 heterocycles. The third kappa shape index (κ3) is 3.33. The molecule has 3 aromatic rings. The van der Waals surface area contributed by atoms with Gasteiger partial charge in [0.1, 0.15) is 29.2 Å². The number of nitrogens with zero attached hydrogens (tertiary/aromatic N) is 3. The molecule has 28 heavy (non-hydrogen) atoms. The molecule has 0 amide bonds. The SMILES string of the molecule is C[C@H](Nc1nn(C2COC(CO)C2O)c2nc(Cl)ccc12)c1ccccc1F. The number of hydrogen-bond donors (Lipinski definition) is 3. The molecule has 4 rings (SSSR count). The van der Waals surface area contributed by atoms with Crippen LogP contribution < -0.4 is 5.32 Å². The number of ether oxygens (including phenoxy) is 1. The maximum Gasteiger partial charge on any atom is 0.162 e. The third-order valence-electron chi connectivity index (χ3n) is 5.00. The van der Waals surface area contributed by atoms with Gasteiger partial charge in [0.25, 0.3) is 0 Å². The van der Waals surface area contributed by atoms with E-state index < -0.39 is 18.2 Å². The largest absolute Gasteiger partial charge is 0.394 e. The molecule has 1 aliphatic heterocycles. The van der Waals surface area contributed by atoms with Crippen LogP contribution in [0.25, 0.3) is 11.0 Å². The molecule has 148 valence electrons. The lowest BCUT2D eigenvalue weighted by atomic mass is 10.1. The van der Waals surface area contributed by atoms with Crippen molar-refractivity contribution in [1.29, 1.82) is 0 Å². The number of rotatable bonds is 5. The molecule has 0 saturated carbocycles. The second kappa shape index (κ2) is 7.63. The molecule has 9 heteroatoms. The Bertz CT molecular complexity index is 998. The Morgan fingerprint density at radius 3 is 2.86 bits per heavy atom. The molecular formula is C19H20ClFN4O3. The first-order valence-electron chi connectivity index (χ1n) is 8.96. The van der Waals surface area contributed by atoms with Crippen molar-refractivity contribution >= 4 is 28.5 Å². The molecule has 3 unspecified atom stereocenters. The van der Waals surface area contributed by atoms with Crippen molar-refractivity contribution in [3.05, 3.63) is 52.9 Å². The Balaban J connectivity index is 1.73. The lowest BCUT2D eigenvalue weighted by molar-refractivity contribution is 0.00182. The Morgan fingerprint density at radius 2 is 2.14 bits per heavy atom. The standard InChI is InChI=1S/C19H20ClFN4O3/c1-10(11-4-2-3-5-13(11)21)22-18-12-6-7-16(20)23-19(12)25(24-18)14-9-28-15(8-26)17(14)27/h2-7,10,14-15,17,26-27H,8-9H2,1H3,(H,22,24)/t10-,14?,15?,17?/m0/s1. The van der Waals surface area contributed by atoms with E-state index >= 15 is 0 Å². The van der Waals surface area contributed by atoms with Gasteiger partial charge in [-0.05, 0) is 25.1 Å². The summed E-state index contributed by atoms with van der Waals surface area (Å²) in [6.45, 7) is 1.72. The van der Waals surface area contributed by atoms with Crippen molar-refractivity contribution < 1.29 is 19.3 Å². The topological polar surface area (TPSA) is 92.4 Å². The van der Waals surface area contributed by atoms with Crippen LogP contribution in [0.2, 0.25) is 5.15 Å². The number of pyridine rings is 1. The Morgan fingerprint density at radius 1 is 1.36 bits per heavy atom. The number of aliphatic hydroxyl groups excluding tert-OH is 2. The molecular weight excluding hydrogens is 387 g/mol. The highest BCUT2D eigenvalue weighted by molar-refractivity contribution is 6.29. The van der Waals surface area contributed by atoms with Crippen LogP contribution >= 0.6 is 11.6 Å². The van der Waals surface area contributed by atoms with Crippen molar-refractivity contribution in [2.75, 3.05) is 18.5 Å². The molecule has 1 aromatic carbocycles. The zero-order valence-electron chi connectivity index (χ0n) is 15.1. The average Bonchev–Trinajstić information content (AvgIpc) is 3.21. The highest BCUT2D eigenvalue weighted by Gasteiger charge is 2.38. The molecule has 0 bridgehead atoms. The van der Waals surface area contributed by atoms with Gasteiger partial charge in [-0.1, -0.05) is 29.8 Å². The summed E-state index contributed by atoms with van der Waals surface area (Å²) in [6.07, 6.45) is -1.62. The summed E-state index contributed by atoms with van der Waals surface area (Å²) in [5, 5.41) is 28.6. The fourth-order valence-corrected chi connectivity index (χ4v) is 3.63. The van der Waals surface area contributed by atoms with E-state index in [1.54, 1.807) is 35.0 Å². The van der Waals surface area contributed by atoms with E-state index in [0.717, 1.165) is 0 Å². The van der Waals surface area contributed by atoms with Crippen molar-refractivity contribution in [3.63, 3.8) is 0 Å². The number of aliphatic hydroxyl groups is 2. The normalized spacial score (nSPS) is 23.2. The molecule has 0 aliphatic carbocycles. The van der Waals surface area contributed by atoms with Crippen molar-refractivity contribution in [1.82, 2.24) is 14.8 Å². The summed E-state index contributed by atoms with van der Waals surface area (Å²) in [6, 6.07) is 9.08. The predicted molar refractivity (Wildman–Crippen MR) is 103 cm³/mol. The molecule has 7 nitrogen and oxygen atoms in total. The summed E-state index contributed by atoms with van der Waals surface area (Å²) in [7, 11) is 0. The number of benzene rings is 1. The number of aromatic nitrogens is 3. The fraction of sp³-hybridized carbons (Fsp3) is 0.368. The fourth-order valence-electron chi connectivity index (χ4n) is 3.48. The van der Waals surface area contributed by atoms with Gasteiger partial charge in [0.05, 0.1) is 24.6 Å². The molecule has 0 radical (unpaired) electrons. The summed E-state index contributed by atoms with van der Waals surface area (Å²) in [4.78, 5) is 4.35. The lowest BCUT2D eigenvalue weighted by Crippen LogP contribution is -2.31. The van der Waals surface area contributed by atoms with Crippen LogP contribution in [0.15, 0.2) is 36.4 Å². The smallest absolute Gasteiger partial charge is 0.162 e. The molecule has 1 fully saturated rings. The summed E-state index contributed by atoms with van der Waals surface area (Å²) < 4.78 is 21.1. The lowest BCUT2D eigenvalue weighted by Gasteiger charge is -2.17. The Hall–Kier alpha value is -2.26. The van der Waals surface area contributed by atoms with Crippen LogP contribution in [0.4, 0.5) is 10.2 Å². The first-order chi connectivity index (χ1) is 13.5. The Labute approximate surface area is 165 Å². The van der Waals surface area contributed by atoms with Crippen LogP contribution in [-0.4, -0.2) is 50.4 Å². The van der Waals surface area contributed by atoms with Gasteiger partial charge in [0.15, 0.2) is 11.5 Å². The van der Waals surface area contributed by atoms with Crippen molar-refractivity contribution in [2.24, 2.45) is 0 Å². The van der Waals surface area contributed by atoms with Crippen LogP contribution in [0.1, 0.15) is 24.6 Å². The number of fused-ring (bicyclic) bond motifs is 1. The first kappa shape index (κ1) is 19.1. The van der Waals surface area contributed by atoms with E-state index in [1.165, 1.54) is 6.07 Å². The number of halogens is 2. The summed E-state index contributed by atoms with van der Waals surface area (Å²) in [5.41, 5.74) is 0.985. The second-order valence-electron chi connectivity index (χ2n) is 6.80. The summed E-state index contributed by atoms with van der Waals surface area (Å²) in [5.74, 6) is 0.187. The van der Waals surface area contributed by atoms with Crippen LogP contribution in [0, 0.1) is 5.82 Å². The predicted octanol–water partition coefficient (Wildman–Crippen LogP) is 2.69. The number of anilines is 1. The van der Waals surface area contributed by atoms with Gasteiger partial charge in [-0.25, -0.2) is 14.1 Å². The van der Waals surface area contributed by atoms with E-state index in [2.05, 4.69) is 15.4 Å². The second-order valence-corrected chi connectivity index (χ2v) is 7.19. The van der Waals surface area contributed by atoms with E-state index in [0.29, 0.717) is 22.4 Å². The maximum atomic E-state index is 14.1. The number of hydrogen-bond acceptors (Lipinski definition) is 6. The van der Waals surface area contributed by atoms with Gasteiger partial charge in [-0.2, -0.15) is 5.10 Å². The minimum atomic E-state index is -0.939. The molecule has 4 atom stereocenters. The van der Waals surface area contributed by atoms with E-state index in [4.69, 9.17) is 16.3 Å². The first-order valence-corrected chi connectivity index (χ1v) is 9.33. The van der Waals surface area contributed by atoms with E-state index in [1.807, 2.05) is 6.92 Å². The van der Waals surface area contributed by atoms with E-state index in [-0.39, 0.29) is 30.2 Å². The average molecular weight is 407 g/mol. The minimum Gasteiger partial charge on any atom is -0.394 e. The Kier molecular flexibility index (Phi) is 5.20. The highest BCUT2D eigenvalue weighted by atomic mass is 35.5.